The molecule has 0 aliphatic rings. The zero-order chi connectivity index (χ0) is 24.3. The fraction of sp³-hybridized carbons (Fsp3) is 0.957. The summed E-state index contributed by atoms with van der Waals surface area (Å²) in [5, 5.41) is 0. The zero-order valence-electron chi connectivity index (χ0n) is 21.1. The summed E-state index contributed by atoms with van der Waals surface area (Å²) in [7, 11) is 2.81. The highest BCUT2D eigenvalue weighted by atomic mass is 31.2. The average molecular weight is 482 g/mol. The summed E-state index contributed by atoms with van der Waals surface area (Å²) in [6.45, 7) is 2.49. The molecule has 192 valence electrons. The van der Waals surface area contributed by atoms with Gasteiger partial charge in [-0.05, 0) is 6.42 Å². The number of phosphoric acid groups is 1. The summed E-state index contributed by atoms with van der Waals surface area (Å²) in [4.78, 5) is 23.7. The summed E-state index contributed by atoms with van der Waals surface area (Å²) in [5.41, 5.74) is 0. The Kier molecular flexibility index (Phi) is 18.6. The van der Waals surface area contributed by atoms with Gasteiger partial charge in [0.1, 0.15) is 25.9 Å². The molecule has 0 saturated carbocycles. The first-order valence-electron chi connectivity index (χ1n) is 12.2. The van der Waals surface area contributed by atoms with Crippen molar-refractivity contribution in [2.45, 2.75) is 90.1 Å². The number of ether oxygens (including phenoxy) is 2. The minimum atomic E-state index is -4.41. The molecule has 0 heterocycles. The van der Waals surface area contributed by atoms with Crippen LogP contribution in [-0.2, 0) is 27.9 Å². The Labute approximate surface area is 196 Å². The van der Waals surface area contributed by atoms with Gasteiger partial charge in [0.25, 0.3) is 7.82 Å². The number of nitrogens with zero attached hydrogens (tertiary/aromatic N) is 1. The lowest BCUT2D eigenvalue weighted by Crippen LogP contribution is -2.37. The van der Waals surface area contributed by atoms with Crippen LogP contribution in [0.3, 0.4) is 0 Å². The van der Waals surface area contributed by atoms with E-state index in [0.717, 1.165) is 19.3 Å². The lowest BCUT2D eigenvalue weighted by Gasteiger charge is -2.28. The highest BCUT2D eigenvalue weighted by Crippen LogP contribution is 2.38. The maximum Gasteiger partial charge on any atom is 0.305 e. The molecule has 0 aromatic carbocycles. The molecule has 0 fully saturated rings. The van der Waals surface area contributed by atoms with Gasteiger partial charge in [-0.1, -0.05) is 71.1 Å². The van der Waals surface area contributed by atoms with Crippen LogP contribution in [0.5, 0.6) is 0 Å². The van der Waals surface area contributed by atoms with Gasteiger partial charge in [0.2, 0.25) is 0 Å². The number of carbonyl (C=O) groups is 1. The van der Waals surface area contributed by atoms with Crippen molar-refractivity contribution in [1.82, 2.24) is 0 Å². The van der Waals surface area contributed by atoms with Crippen LogP contribution in [0, 0.1) is 0 Å². The molecule has 9 heteroatoms. The third-order valence-corrected chi connectivity index (χ3v) is 6.14. The van der Waals surface area contributed by atoms with Gasteiger partial charge in [-0.3, -0.25) is 9.36 Å². The molecule has 0 aliphatic heterocycles. The Morgan fingerprint density at radius 1 is 0.875 bits per heavy atom. The monoisotopic (exact) mass is 481 g/mol. The Morgan fingerprint density at radius 2 is 1.41 bits per heavy atom. The molecule has 0 saturated heterocycles. The molecule has 0 aromatic rings. The molecular formula is C23H48NO7P. The minimum Gasteiger partial charge on any atom is -0.756 e. The van der Waals surface area contributed by atoms with E-state index in [1.54, 1.807) is 0 Å². The second kappa shape index (κ2) is 18.9. The van der Waals surface area contributed by atoms with Crippen molar-refractivity contribution in [2.24, 2.45) is 0 Å². The number of hydrogen-bond donors (Lipinski definition) is 0. The fourth-order valence-electron chi connectivity index (χ4n) is 3.01. The standard InChI is InChI=1S/C23H48NO7P/c1-6-7-8-9-10-11-12-13-14-15-16-17-23(25)29-20-22(28-5)21-31-32(26,27)30-19-18-24(2,3)4/h22H,6-21H2,1-5H3/t22-/m1/s1. The first-order valence-corrected chi connectivity index (χ1v) is 13.6. The third kappa shape index (κ3) is 21.4. The molecule has 8 nitrogen and oxygen atoms in total. The summed E-state index contributed by atoms with van der Waals surface area (Å²) in [6.07, 6.45) is 13.1. The molecule has 0 spiro atoms. The SMILES string of the molecule is CCCCCCCCCCCCCC(=O)OC[C@H](COP(=O)([O-])OCC[N+](C)(C)C)OC. The maximum absolute atomic E-state index is 11.9. The van der Waals surface area contributed by atoms with Crippen LogP contribution in [-0.4, -0.2) is 71.2 Å². The van der Waals surface area contributed by atoms with Gasteiger partial charge in [-0.25, -0.2) is 0 Å². The lowest BCUT2D eigenvalue weighted by atomic mass is 10.1. The molecule has 1 unspecified atom stereocenters. The van der Waals surface area contributed by atoms with E-state index in [1.807, 2.05) is 21.1 Å². The summed E-state index contributed by atoms with van der Waals surface area (Å²) in [5.74, 6) is -0.299. The second-order valence-electron chi connectivity index (χ2n) is 9.42. The van der Waals surface area contributed by atoms with Crippen LogP contribution in [0.1, 0.15) is 84.0 Å². The summed E-state index contributed by atoms with van der Waals surface area (Å²) in [6, 6.07) is 0. The molecule has 0 N–H and O–H groups in total. The number of likely N-dealkylation sites (N-methyl/N-ethyl adjacent to an activating group) is 1. The van der Waals surface area contributed by atoms with E-state index in [2.05, 4.69) is 6.92 Å². The number of methoxy groups -OCH3 is 1. The largest absolute Gasteiger partial charge is 0.756 e. The number of carbonyl (C=O) groups excluding carboxylic acids is 1. The van der Waals surface area contributed by atoms with Gasteiger partial charge in [0, 0.05) is 13.5 Å². The van der Waals surface area contributed by atoms with Gasteiger partial charge in [-0.15, -0.1) is 0 Å². The lowest BCUT2D eigenvalue weighted by molar-refractivity contribution is -0.870. The predicted octanol–water partition coefficient (Wildman–Crippen LogP) is 4.45. The Bertz CT molecular complexity index is 511. The Hall–Kier alpha value is -0.500. The van der Waals surface area contributed by atoms with Crippen LogP contribution in [0.15, 0.2) is 0 Å². The molecule has 2 atom stereocenters. The average Bonchev–Trinajstić information content (AvgIpc) is 2.71. The molecule has 0 bridgehead atoms. The molecule has 0 amide bonds. The first-order chi connectivity index (χ1) is 15.1. The number of quaternary nitrogens is 1. The van der Waals surface area contributed by atoms with E-state index in [-0.39, 0.29) is 25.8 Å². The van der Waals surface area contributed by atoms with Crippen LogP contribution in [0.25, 0.3) is 0 Å². The van der Waals surface area contributed by atoms with Crippen LogP contribution in [0.2, 0.25) is 0 Å². The van der Waals surface area contributed by atoms with Crippen molar-refractivity contribution in [3.63, 3.8) is 0 Å². The molecule has 0 aromatic heterocycles. The van der Waals surface area contributed by atoms with Crippen LogP contribution >= 0.6 is 7.82 Å². The smallest absolute Gasteiger partial charge is 0.305 e. The molecule has 0 rings (SSSR count). The zero-order valence-corrected chi connectivity index (χ0v) is 22.0. The van der Waals surface area contributed by atoms with Crippen molar-refractivity contribution in [2.75, 3.05) is 54.6 Å². The number of unbranched alkanes of at least 4 members (excludes halogenated alkanes) is 10. The van der Waals surface area contributed by atoms with Crippen molar-refractivity contribution in [3.05, 3.63) is 0 Å². The maximum atomic E-state index is 11.9. The third-order valence-electron chi connectivity index (χ3n) is 5.18. The van der Waals surface area contributed by atoms with Crippen molar-refractivity contribution in [3.8, 4) is 0 Å². The van der Waals surface area contributed by atoms with E-state index in [9.17, 15) is 14.3 Å². The van der Waals surface area contributed by atoms with Crippen molar-refractivity contribution < 1.29 is 37.3 Å². The number of hydrogen-bond acceptors (Lipinski definition) is 7. The van der Waals surface area contributed by atoms with Gasteiger partial charge in [0.05, 0.1) is 27.7 Å². The Balaban J connectivity index is 3.77. The molecule has 32 heavy (non-hydrogen) atoms. The topological polar surface area (TPSA) is 94.1 Å². The van der Waals surface area contributed by atoms with E-state index in [4.69, 9.17) is 18.5 Å². The summed E-state index contributed by atoms with van der Waals surface area (Å²) >= 11 is 0. The van der Waals surface area contributed by atoms with Crippen LogP contribution in [0.4, 0.5) is 0 Å². The molecule has 0 aliphatic carbocycles. The number of esters is 1. The predicted molar refractivity (Wildman–Crippen MR) is 125 cm³/mol. The number of phosphoric ester groups is 1. The van der Waals surface area contributed by atoms with Crippen molar-refractivity contribution in [1.29, 1.82) is 0 Å². The fourth-order valence-corrected chi connectivity index (χ4v) is 3.74. The number of rotatable bonds is 22. The van der Waals surface area contributed by atoms with Gasteiger partial charge >= 0.3 is 5.97 Å². The van der Waals surface area contributed by atoms with E-state index >= 15 is 0 Å². The first kappa shape index (κ1) is 31.5. The van der Waals surface area contributed by atoms with Gasteiger partial charge < -0.3 is 27.9 Å². The summed E-state index contributed by atoms with van der Waals surface area (Å²) < 4.78 is 32.4. The van der Waals surface area contributed by atoms with E-state index < -0.39 is 13.9 Å². The second-order valence-corrected chi connectivity index (χ2v) is 10.8. The van der Waals surface area contributed by atoms with Gasteiger partial charge in [-0.2, -0.15) is 0 Å². The van der Waals surface area contributed by atoms with E-state index in [0.29, 0.717) is 17.4 Å². The van der Waals surface area contributed by atoms with Crippen LogP contribution < -0.4 is 4.89 Å². The molecule has 0 radical (unpaired) electrons. The minimum absolute atomic E-state index is 0.0376. The Morgan fingerprint density at radius 3 is 1.91 bits per heavy atom. The highest BCUT2D eigenvalue weighted by molar-refractivity contribution is 7.45. The highest BCUT2D eigenvalue weighted by Gasteiger charge is 2.18. The van der Waals surface area contributed by atoms with E-state index in [1.165, 1.54) is 58.5 Å². The normalized spacial score (nSPS) is 14.8. The van der Waals surface area contributed by atoms with Gasteiger partial charge in [0.15, 0.2) is 0 Å². The van der Waals surface area contributed by atoms with Crippen molar-refractivity contribution >= 4 is 13.8 Å². The molecular weight excluding hydrogens is 433 g/mol. The quantitative estimate of drug-likeness (QED) is 0.0975.